The molecule has 0 heterocycles. The third kappa shape index (κ3) is 382. The molecule has 0 bridgehead atoms. The van der Waals surface area contributed by atoms with Crippen molar-refractivity contribution in [2.75, 3.05) is 0 Å². The van der Waals surface area contributed by atoms with E-state index in [1.54, 1.807) is 0 Å². The van der Waals surface area contributed by atoms with E-state index in [1.165, 1.54) is 0 Å². The summed E-state index contributed by atoms with van der Waals surface area (Å²) in [5.41, 5.74) is 0. The molecule has 0 aromatic rings. The molecule has 0 saturated carbocycles. The van der Waals surface area contributed by atoms with Crippen LogP contribution >= 0.6 is 17.6 Å². The number of rotatable bonds is 0. The van der Waals surface area contributed by atoms with Gasteiger partial charge in [0.05, 0.1) is 15.5 Å². The van der Waals surface area contributed by atoms with Gasteiger partial charge in [-0.2, -0.15) is 0 Å². The summed E-state index contributed by atoms with van der Waals surface area (Å²) in [6.45, 7) is 13.7. The normalized spacial score (nSPS) is 12.0. The Hall–Kier alpha value is 1.29. The van der Waals surface area contributed by atoms with Gasteiger partial charge in [0.2, 0.25) is 0 Å². The van der Waals surface area contributed by atoms with Gasteiger partial charge >= 0.3 is 0 Å². The van der Waals surface area contributed by atoms with Crippen LogP contribution in [0.15, 0.2) is 0 Å². The monoisotopic (exact) mass is 212 g/mol. The summed E-state index contributed by atoms with van der Waals surface area (Å²) < 4.78 is 0. The topological polar surface area (TPSA) is 0 Å². The van der Waals surface area contributed by atoms with Crippen molar-refractivity contribution in [2.45, 2.75) is 39.3 Å². The summed E-state index contributed by atoms with van der Waals surface area (Å²) in [6.07, 6.45) is 0. The Morgan fingerprint density at radius 3 is 0.600 bits per heavy atom. The van der Waals surface area contributed by atoms with Crippen molar-refractivity contribution in [3.63, 3.8) is 0 Å². The first kappa shape index (κ1) is 13.9. The van der Waals surface area contributed by atoms with Crippen molar-refractivity contribution in [3.8, 4) is 0 Å². The van der Waals surface area contributed by atoms with E-state index in [-0.39, 0.29) is 0 Å². The highest BCUT2D eigenvalue weighted by molar-refractivity contribution is 7.68. The van der Waals surface area contributed by atoms with Crippen molar-refractivity contribution in [3.05, 3.63) is 0 Å². The highest BCUT2D eigenvalue weighted by Gasteiger charge is 2.00. The van der Waals surface area contributed by atoms with Crippen molar-refractivity contribution in [2.24, 2.45) is 0 Å². The maximum Gasteiger partial charge on any atom is 0.0653 e. The molecule has 0 aliphatic heterocycles. The predicted octanol–water partition coefficient (Wildman–Crippen LogP) is 3.39. The van der Waals surface area contributed by atoms with Crippen molar-refractivity contribution < 1.29 is 0 Å². The first-order valence-electron chi connectivity index (χ1n) is 3.58. The fourth-order valence-corrected chi connectivity index (χ4v) is 0. The van der Waals surface area contributed by atoms with Crippen LogP contribution in [0.25, 0.3) is 0 Å². The van der Waals surface area contributed by atoms with E-state index in [9.17, 15) is 0 Å². The van der Waals surface area contributed by atoms with Crippen LogP contribution in [0.4, 0.5) is 0 Å². The molecule has 0 radical (unpaired) electrons. The smallest absolute Gasteiger partial charge is 0.0653 e. The van der Waals surface area contributed by atoms with E-state index in [1.807, 2.05) is 0 Å². The van der Waals surface area contributed by atoms with Gasteiger partial charge in [-0.3, -0.25) is 0 Å². The highest BCUT2D eigenvalue weighted by Crippen LogP contribution is 2.07. The van der Waals surface area contributed by atoms with Crippen molar-refractivity contribution in [1.29, 1.82) is 0 Å². The first-order valence-corrected chi connectivity index (χ1v) is 14.2. The number of hydrogen-bond acceptors (Lipinski definition) is 0. The maximum atomic E-state index is 2.85. The largest absolute Gasteiger partial charge is 0.149 e. The summed E-state index contributed by atoms with van der Waals surface area (Å²) in [5, 5.41) is 0. The summed E-state index contributed by atoms with van der Waals surface area (Å²) in [6, 6.07) is 0. The minimum absolute atomic E-state index is 0.694. The summed E-state index contributed by atoms with van der Waals surface area (Å²) in [7, 11) is 4.32. The Balaban J connectivity index is 0. The molecule has 0 amide bonds. The third-order valence-corrected chi connectivity index (χ3v) is 0. The van der Waals surface area contributed by atoms with Gasteiger partial charge in [-0.1, -0.05) is 39.3 Å². The molecule has 2 atom stereocenters. The van der Waals surface area contributed by atoms with E-state index in [0.717, 1.165) is 0 Å². The molecule has 0 saturated heterocycles. The molecule has 0 spiro atoms. The molecule has 0 fully saturated rings. The van der Waals surface area contributed by atoms with E-state index in [4.69, 9.17) is 0 Å². The predicted molar refractivity (Wildman–Crippen MR) is 66.1 cm³/mol. The van der Waals surface area contributed by atoms with Crippen LogP contribution in [0.2, 0.25) is 39.3 Å². The molecule has 0 aromatic heterocycles. The van der Waals surface area contributed by atoms with E-state index >= 15 is 0 Å². The van der Waals surface area contributed by atoms with Crippen LogP contribution in [-0.2, 0) is 0 Å². The lowest BCUT2D eigenvalue weighted by atomic mass is 11.8. The van der Waals surface area contributed by atoms with Gasteiger partial charge in [0, 0.05) is 0 Å². The SMILES string of the molecule is C[Si](C)(C)P.C[Si](C)(C)P. The lowest BCUT2D eigenvalue weighted by Crippen LogP contribution is -2.05. The Morgan fingerprint density at radius 1 is 0.600 bits per heavy atom. The van der Waals surface area contributed by atoms with Gasteiger partial charge in [0.15, 0.2) is 0 Å². The Bertz CT molecular complexity index is 56.7. The Kier molecular flexibility index (Phi) is 6.97. The molecular weight excluding hydrogens is 190 g/mol. The van der Waals surface area contributed by atoms with Gasteiger partial charge in [0.1, 0.15) is 0 Å². The van der Waals surface area contributed by atoms with Crippen LogP contribution in [0, 0.1) is 0 Å². The molecule has 2 unspecified atom stereocenters. The van der Waals surface area contributed by atoms with Crippen molar-refractivity contribution in [1.82, 2.24) is 0 Å². The second-order valence-corrected chi connectivity index (χ2v) is 24.6. The molecule has 0 rings (SSSR count). The lowest BCUT2D eigenvalue weighted by molar-refractivity contribution is 1.88. The lowest BCUT2D eigenvalue weighted by Gasteiger charge is -2.01. The third-order valence-electron chi connectivity index (χ3n) is 0. The zero-order chi connectivity index (χ0) is 9.00. The quantitative estimate of drug-likeness (QED) is 0.426. The van der Waals surface area contributed by atoms with Crippen molar-refractivity contribution >= 4 is 33.1 Å². The van der Waals surface area contributed by atoms with Gasteiger partial charge in [-0.15, -0.1) is 17.6 Å². The molecule has 0 aliphatic rings. The van der Waals surface area contributed by atoms with Crippen LogP contribution < -0.4 is 0 Å². The molecule has 0 aromatic carbocycles. The van der Waals surface area contributed by atoms with Gasteiger partial charge < -0.3 is 0 Å². The fourth-order valence-electron chi connectivity index (χ4n) is 0. The zero-order valence-electron chi connectivity index (χ0n) is 8.15. The minimum Gasteiger partial charge on any atom is -0.149 e. The second kappa shape index (κ2) is 5.03. The average Bonchev–Trinajstić information content (AvgIpc) is 1.12. The van der Waals surface area contributed by atoms with E-state index in [0.29, 0.717) is 0 Å². The fraction of sp³-hybridized carbons (Fsp3) is 1.00. The van der Waals surface area contributed by atoms with Crippen LogP contribution in [-0.4, -0.2) is 15.5 Å². The van der Waals surface area contributed by atoms with Crippen LogP contribution in [0.3, 0.4) is 0 Å². The Labute approximate surface area is 72.7 Å². The standard InChI is InChI=1S/2C3H11PSi/c2*1-5(2,3)4/h2*4H2,1-3H3. The maximum absolute atomic E-state index is 2.85. The van der Waals surface area contributed by atoms with Crippen LogP contribution in [0.5, 0.6) is 0 Å². The van der Waals surface area contributed by atoms with Gasteiger partial charge in [0.25, 0.3) is 0 Å². The summed E-state index contributed by atoms with van der Waals surface area (Å²) in [5.74, 6) is 0. The first-order chi connectivity index (χ1) is 4.00. The number of hydrogen-bond donors (Lipinski definition) is 0. The molecule has 0 aliphatic carbocycles. The van der Waals surface area contributed by atoms with Crippen LogP contribution in [0.1, 0.15) is 0 Å². The molecule has 64 valence electrons. The van der Waals surface area contributed by atoms with Gasteiger partial charge in [-0.05, 0) is 0 Å². The molecule has 0 N–H and O–H groups in total. The molecule has 0 nitrogen and oxygen atoms in total. The van der Waals surface area contributed by atoms with E-state index in [2.05, 4.69) is 56.9 Å². The second-order valence-electron chi connectivity index (χ2n) is 4.73. The summed E-state index contributed by atoms with van der Waals surface area (Å²) in [4.78, 5) is 0. The minimum atomic E-state index is -0.694. The Morgan fingerprint density at radius 2 is 0.600 bits per heavy atom. The highest BCUT2D eigenvalue weighted by atomic mass is 31.3. The summed E-state index contributed by atoms with van der Waals surface area (Å²) >= 11 is 0. The zero-order valence-corrected chi connectivity index (χ0v) is 12.5. The molecule has 4 heteroatoms. The molecule has 10 heavy (non-hydrogen) atoms. The average molecular weight is 212 g/mol. The van der Waals surface area contributed by atoms with E-state index < -0.39 is 15.5 Å². The van der Waals surface area contributed by atoms with Gasteiger partial charge in [-0.25, -0.2) is 0 Å². The molecular formula is C6H22P2Si2.